The number of hydrogen-bond donors (Lipinski definition) is 1. The van der Waals surface area contributed by atoms with Crippen LogP contribution in [0.15, 0.2) is 54.6 Å². The molecular weight excluding hydrogens is 257 g/mol. The van der Waals surface area contributed by atoms with Crippen molar-refractivity contribution < 1.29 is 13.9 Å². The van der Waals surface area contributed by atoms with Crippen LogP contribution < -0.4 is 5.32 Å². The summed E-state index contributed by atoms with van der Waals surface area (Å²) in [4.78, 5) is 11.5. The first-order valence-corrected chi connectivity index (χ1v) is 6.43. The number of halogens is 1. The van der Waals surface area contributed by atoms with E-state index in [1.54, 1.807) is 18.2 Å². The number of amides is 1. The summed E-state index contributed by atoms with van der Waals surface area (Å²) in [7, 11) is 0. The van der Waals surface area contributed by atoms with E-state index >= 15 is 0 Å². The van der Waals surface area contributed by atoms with E-state index in [1.807, 2.05) is 30.3 Å². The van der Waals surface area contributed by atoms with Crippen molar-refractivity contribution in [2.24, 2.45) is 0 Å². The van der Waals surface area contributed by atoms with E-state index < -0.39 is 6.09 Å². The standard InChI is InChI=1S/C16H16FNO2/c17-15-9-5-4-8-14(15)10-11-18-16(19)20-12-13-6-2-1-3-7-13/h1-9H,10-12H2,(H,18,19). The molecule has 104 valence electrons. The van der Waals surface area contributed by atoms with Crippen LogP contribution in [0, 0.1) is 5.82 Å². The molecule has 2 rings (SSSR count). The fourth-order valence-corrected chi connectivity index (χ4v) is 1.77. The van der Waals surface area contributed by atoms with Gasteiger partial charge in [-0.1, -0.05) is 48.5 Å². The average Bonchev–Trinajstić information content (AvgIpc) is 2.48. The zero-order valence-electron chi connectivity index (χ0n) is 11.0. The summed E-state index contributed by atoms with van der Waals surface area (Å²) in [5.41, 5.74) is 1.51. The van der Waals surface area contributed by atoms with Gasteiger partial charge < -0.3 is 10.1 Å². The lowest BCUT2D eigenvalue weighted by molar-refractivity contribution is 0.140. The van der Waals surface area contributed by atoms with Crippen LogP contribution in [0.5, 0.6) is 0 Å². The summed E-state index contributed by atoms with van der Waals surface area (Å²) < 4.78 is 18.4. The molecule has 2 aromatic carbocycles. The largest absolute Gasteiger partial charge is 0.445 e. The van der Waals surface area contributed by atoms with Crippen LogP contribution in [0.3, 0.4) is 0 Å². The number of alkyl carbamates (subject to hydrolysis) is 1. The third-order valence-electron chi connectivity index (χ3n) is 2.83. The lowest BCUT2D eigenvalue weighted by Crippen LogP contribution is -2.26. The highest BCUT2D eigenvalue weighted by Crippen LogP contribution is 2.06. The Balaban J connectivity index is 1.69. The minimum atomic E-state index is -0.495. The first kappa shape index (κ1) is 14.1. The fraction of sp³-hybridized carbons (Fsp3) is 0.188. The van der Waals surface area contributed by atoms with Crippen molar-refractivity contribution in [1.29, 1.82) is 0 Å². The van der Waals surface area contributed by atoms with E-state index in [2.05, 4.69) is 5.32 Å². The maximum Gasteiger partial charge on any atom is 0.407 e. The van der Waals surface area contributed by atoms with Gasteiger partial charge in [-0.05, 0) is 23.6 Å². The molecular formula is C16H16FNO2. The van der Waals surface area contributed by atoms with Gasteiger partial charge in [0.2, 0.25) is 0 Å². The molecule has 0 bridgehead atoms. The van der Waals surface area contributed by atoms with Gasteiger partial charge in [0.25, 0.3) is 0 Å². The second-order valence-electron chi connectivity index (χ2n) is 4.33. The van der Waals surface area contributed by atoms with Gasteiger partial charge in [-0.15, -0.1) is 0 Å². The summed E-state index contributed by atoms with van der Waals surface area (Å²) >= 11 is 0. The molecule has 0 fully saturated rings. The van der Waals surface area contributed by atoms with Crippen molar-refractivity contribution in [3.8, 4) is 0 Å². The monoisotopic (exact) mass is 273 g/mol. The molecule has 1 N–H and O–H groups in total. The Kier molecular flexibility index (Phi) is 5.12. The first-order chi connectivity index (χ1) is 9.75. The molecule has 0 saturated heterocycles. The van der Waals surface area contributed by atoms with Crippen LogP contribution in [0.4, 0.5) is 9.18 Å². The summed E-state index contributed by atoms with van der Waals surface area (Å²) in [6, 6.07) is 15.9. The predicted octanol–water partition coefficient (Wildman–Crippen LogP) is 3.29. The molecule has 20 heavy (non-hydrogen) atoms. The zero-order chi connectivity index (χ0) is 14.2. The molecule has 0 spiro atoms. The minimum Gasteiger partial charge on any atom is -0.445 e. The van der Waals surface area contributed by atoms with E-state index in [9.17, 15) is 9.18 Å². The molecule has 0 atom stereocenters. The van der Waals surface area contributed by atoms with Gasteiger partial charge in [-0.3, -0.25) is 0 Å². The minimum absolute atomic E-state index is 0.229. The average molecular weight is 273 g/mol. The normalized spacial score (nSPS) is 10.1. The fourth-order valence-electron chi connectivity index (χ4n) is 1.77. The Hall–Kier alpha value is -2.36. The van der Waals surface area contributed by atoms with Gasteiger partial charge in [0.1, 0.15) is 12.4 Å². The molecule has 4 heteroatoms. The summed E-state index contributed by atoms with van der Waals surface area (Å²) in [6.45, 7) is 0.570. The lowest BCUT2D eigenvalue weighted by atomic mass is 10.1. The number of carbonyl (C=O) groups is 1. The van der Waals surface area contributed by atoms with Crippen molar-refractivity contribution in [3.63, 3.8) is 0 Å². The Morgan fingerprint density at radius 2 is 1.75 bits per heavy atom. The summed E-state index contributed by atoms with van der Waals surface area (Å²) in [5.74, 6) is -0.257. The van der Waals surface area contributed by atoms with Crippen LogP contribution >= 0.6 is 0 Å². The van der Waals surface area contributed by atoms with Crippen LogP contribution in [-0.4, -0.2) is 12.6 Å². The van der Waals surface area contributed by atoms with Gasteiger partial charge in [0.15, 0.2) is 0 Å². The molecule has 0 saturated carbocycles. The highest BCUT2D eigenvalue weighted by atomic mass is 19.1. The number of hydrogen-bond acceptors (Lipinski definition) is 2. The van der Waals surface area contributed by atoms with E-state index in [0.717, 1.165) is 5.56 Å². The Morgan fingerprint density at radius 3 is 2.50 bits per heavy atom. The molecule has 0 heterocycles. The molecule has 0 unspecified atom stereocenters. The Morgan fingerprint density at radius 1 is 1.05 bits per heavy atom. The summed E-state index contributed by atoms with van der Waals surface area (Å²) in [5, 5.41) is 2.60. The smallest absolute Gasteiger partial charge is 0.407 e. The molecule has 0 aromatic heterocycles. The van der Waals surface area contributed by atoms with E-state index in [1.165, 1.54) is 6.07 Å². The highest BCUT2D eigenvalue weighted by molar-refractivity contribution is 5.67. The number of ether oxygens (including phenoxy) is 1. The third-order valence-corrected chi connectivity index (χ3v) is 2.83. The van der Waals surface area contributed by atoms with Gasteiger partial charge in [-0.2, -0.15) is 0 Å². The molecule has 0 aliphatic rings. The van der Waals surface area contributed by atoms with Gasteiger partial charge in [0.05, 0.1) is 0 Å². The maximum absolute atomic E-state index is 13.3. The van der Waals surface area contributed by atoms with Crippen molar-refractivity contribution >= 4 is 6.09 Å². The quantitative estimate of drug-likeness (QED) is 0.907. The molecule has 3 nitrogen and oxygen atoms in total. The number of nitrogens with one attached hydrogen (secondary N) is 1. The molecule has 0 aliphatic carbocycles. The molecule has 1 amide bonds. The van der Waals surface area contributed by atoms with Gasteiger partial charge in [-0.25, -0.2) is 9.18 Å². The lowest BCUT2D eigenvalue weighted by Gasteiger charge is -2.07. The van der Waals surface area contributed by atoms with Gasteiger partial charge in [0, 0.05) is 6.54 Å². The third kappa shape index (κ3) is 4.39. The van der Waals surface area contributed by atoms with Crippen molar-refractivity contribution in [2.45, 2.75) is 13.0 Å². The number of rotatable bonds is 5. The van der Waals surface area contributed by atoms with E-state index in [0.29, 0.717) is 18.5 Å². The van der Waals surface area contributed by atoms with Crippen LogP contribution in [-0.2, 0) is 17.8 Å². The zero-order valence-corrected chi connectivity index (χ0v) is 11.0. The Bertz CT molecular complexity index is 557. The van der Waals surface area contributed by atoms with Gasteiger partial charge >= 0.3 is 6.09 Å². The van der Waals surface area contributed by atoms with Crippen molar-refractivity contribution in [2.75, 3.05) is 6.54 Å². The summed E-state index contributed by atoms with van der Waals surface area (Å²) in [6.07, 6.45) is -0.0576. The molecule has 2 aromatic rings. The van der Waals surface area contributed by atoms with Crippen LogP contribution in [0.1, 0.15) is 11.1 Å². The highest BCUT2D eigenvalue weighted by Gasteiger charge is 2.04. The number of benzene rings is 2. The van der Waals surface area contributed by atoms with E-state index in [4.69, 9.17) is 4.74 Å². The van der Waals surface area contributed by atoms with Crippen molar-refractivity contribution in [3.05, 3.63) is 71.5 Å². The van der Waals surface area contributed by atoms with Crippen molar-refractivity contribution in [1.82, 2.24) is 5.32 Å². The Labute approximate surface area is 117 Å². The molecule has 0 radical (unpaired) electrons. The van der Waals surface area contributed by atoms with E-state index in [-0.39, 0.29) is 12.4 Å². The SMILES string of the molecule is O=C(NCCc1ccccc1F)OCc1ccccc1. The second-order valence-corrected chi connectivity index (χ2v) is 4.33. The predicted molar refractivity (Wildman–Crippen MR) is 74.7 cm³/mol. The maximum atomic E-state index is 13.3. The topological polar surface area (TPSA) is 38.3 Å². The first-order valence-electron chi connectivity index (χ1n) is 6.43. The van der Waals surface area contributed by atoms with Crippen LogP contribution in [0.2, 0.25) is 0 Å². The van der Waals surface area contributed by atoms with Crippen LogP contribution in [0.25, 0.3) is 0 Å². The molecule has 0 aliphatic heterocycles. The second kappa shape index (κ2) is 7.28. The number of carbonyl (C=O) groups excluding carboxylic acids is 1.